The summed E-state index contributed by atoms with van der Waals surface area (Å²) < 4.78 is 5.35. The van der Waals surface area contributed by atoms with E-state index in [0.717, 1.165) is 12.8 Å². The Morgan fingerprint density at radius 3 is 2.68 bits per heavy atom. The number of nitrogens with one attached hydrogen (secondary N) is 1. The van der Waals surface area contributed by atoms with Gasteiger partial charge < -0.3 is 21.0 Å². The van der Waals surface area contributed by atoms with Crippen LogP contribution >= 0.6 is 0 Å². The van der Waals surface area contributed by atoms with Gasteiger partial charge in [-0.25, -0.2) is 0 Å². The first-order chi connectivity index (χ1) is 8.88. The highest BCUT2D eigenvalue weighted by atomic mass is 16.5. The van der Waals surface area contributed by atoms with Crippen LogP contribution in [0.15, 0.2) is 5.16 Å². The van der Waals surface area contributed by atoms with Crippen molar-refractivity contribution in [2.45, 2.75) is 52.2 Å². The van der Waals surface area contributed by atoms with Crippen molar-refractivity contribution in [2.24, 2.45) is 22.2 Å². The van der Waals surface area contributed by atoms with Crippen molar-refractivity contribution in [2.75, 3.05) is 7.11 Å². The van der Waals surface area contributed by atoms with Crippen molar-refractivity contribution in [1.82, 2.24) is 5.32 Å². The number of nitrogens with two attached hydrogens (primary N) is 1. The fourth-order valence-corrected chi connectivity index (χ4v) is 2.57. The molecule has 6 nitrogen and oxygen atoms in total. The maximum atomic E-state index is 12.2. The molecule has 0 heterocycles. The van der Waals surface area contributed by atoms with E-state index in [1.54, 1.807) is 7.11 Å². The van der Waals surface area contributed by atoms with Crippen LogP contribution in [0.2, 0.25) is 0 Å². The van der Waals surface area contributed by atoms with Gasteiger partial charge in [0.15, 0.2) is 5.84 Å². The third-order valence-corrected chi connectivity index (χ3v) is 4.15. The van der Waals surface area contributed by atoms with Gasteiger partial charge in [-0.1, -0.05) is 32.3 Å². The Balaban J connectivity index is 2.64. The molecule has 4 N–H and O–H groups in total. The highest BCUT2D eigenvalue weighted by Crippen LogP contribution is 2.42. The number of hydrogen-bond donors (Lipinski definition) is 3. The molecule has 0 spiro atoms. The minimum absolute atomic E-state index is 0.0280. The second kappa shape index (κ2) is 6.23. The summed E-state index contributed by atoms with van der Waals surface area (Å²) in [4.78, 5) is 12.2. The predicted molar refractivity (Wildman–Crippen MR) is 72.9 cm³/mol. The Hall–Kier alpha value is -1.30. The molecule has 0 aliphatic heterocycles. The number of nitrogens with zero attached hydrogens (tertiary/aromatic N) is 1. The molecule has 0 aromatic carbocycles. The average Bonchev–Trinajstić information content (AvgIpc) is 2.39. The molecule has 0 saturated heterocycles. The molecule has 3 atom stereocenters. The van der Waals surface area contributed by atoms with Crippen LogP contribution in [0.5, 0.6) is 0 Å². The molecule has 1 aliphatic carbocycles. The van der Waals surface area contributed by atoms with E-state index in [1.807, 2.05) is 6.92 Å². The number of amidine groups is 1. The summed E-state index contributed by atoms with van der Waals surface area (Å²) in [6.45, 7) is 6.08. The molecule has 1 fully saturated rings. The zero-order valence-corrected chi connectivity index (χ0v) is 12.1. The SMILES string of the molecule is CCCC(C(=O)NC1CC(OC)C1(C)C)C(N)=NO. The number of carbonyl (C=O) groups excluding carboxylic acids is 1. The fourth-order valence-electron chi connectivity index (χ4n) is 2.57. The van der Waals surface area contributed by atoms with E-state index in [4.69, 9.17) is 15.7 Å². The lowest BCUT2D eigenvalue weighted by Gasteiger charge is -2.51. The van der Waals surface area contributed by atoms with Gasteiger partial charge in [0.1, 0.15) is 0 Å². The second-order valence-electron chi connectivity index (χ2n) is 5.71. The van der Waals surface area contributed by atoms with Gasteiger partial charge in [0.25, 0.3) is 0 Å². The van der Waals surface area contributed by atoms with Crippen molar-refractivity contribution in [1.29, 1.82) is 0 Å². The van der Waals surface area contributed by atoms with E-state index in [2.05, 4.69) is 24.3 Å². The Morgan fingerprint density at radius 2 is 2.26 bits per heavy atom. The lowest BCUT2D eigenvalue weighted by Crippen LogP contribution is -2.62. The van der Waals surface area contributed by atoms with Gasteiger partial charge in [0, 0.05) is 18.6 Å². The van der Waals surface area contributed by atoms with E-state index in [9.17, 15) is 4.79 Å². The average molecular weight is 271 g/mol. The van der Waals surface area contributed by atoms with Crippen LogP contribution in [0.4, 0.5) is 0 Å². The Kier molecular flexibility index (Phi) is 5.17. The van der Waals surface area contributed by atoms with Gasteiger partial charge in [0.2, 0.25) is 5.91 Å². The molecular weight excluding hydrogens is 246 g/mol. The molecule has 1 amide bonds. The summed E-state index contributed by atoms with van der Waals surface area (Å²) in [5.74, 6) is -0.767. The first-order valence-corrected chi connectivity index (χ1v) is 6.69. The first kappa shape index (κ1) is 15.8. The van der Waals surface area contributed by atoms with Crippen molar-refractivity contribution >= 4 is 11.7 Å². The molecule has 0 aromatic rings. The maximum absolute atomic E-state index is 12.2. The summed E-state index contributed by atoms with van der Waals surface area (Å²) in [6, 6.07) is 0.0656. The fraction of sp³-hybridized carbons (Fsp3) is 0.846. The van der Waals surface area contributed by atoms with Crippen LogP contribution in [0.25, 0.3) is 0 Å². The van der Waals surface area contributed by atoms with Crippen LogP contribution in [-0.4, -0.2) is 36.2 Å². The standard InChI is InChI=1S/C13H25N3O3/c1-5-6-8(11(14)16-18)12(17)15-9-7-10(19-4)13(9,2)3/h8-10,18H,5-7H2,1-4H3,(H2,14,16)(H,15,17). The van der Waals surface area contributed by atoms with Crippen LogP contribution in [0.3, 0.4) is 0 Å². The lowest BCUT2D eigenvalue weighted by molar-refractivity contribution is -0.134. The lowest BCUT2D eigenvalue weighted by atomic mass is 9.64. The van der Waals surface area contributed by atoms with Crippen LogP contribution in [0, 0.1) is 11.3 Å². The smallest absolute Gasteiger partial charge is 0.231 e. The monoisotopic (exact) mass is 271 g/mol. The Bertz CT molecular complexity index is 355. The van der Waals surface area contributed by atoms with Gasteiger partial charge in [0.05, 0.1) is 12.0 Å². The predicted octanol–water partition coefficient (Wildman–Crippen LogP) is 1.08. The largest absolute Gasteiger partial charge is 0.409 e. The highest BCUT2D eigenvalue weighted by molar-refractivity contribution is 6.02. The molecule has 1 aliphatic rings. The van der Waals surface area contributed by atoms with Gasteiger partial charge in [-0.2, -0.15) is 0 Å². The number of hydrogen-bond acceptors (Lipinski definition) is 4. The minimum Gasteiger partial charge on any atom is -0.409 e. The molecule has 0 bridgehead atoms. The van der Waals surface area contributed by atoms with Crippen LogP contribution in [0.1, 0.15) is 40.0 Å². The van der Waals surface area contributed by atoms with Crippen molar-refractivity contribution in [3.8, 4) is 0 Å². The summed E-state index contributed by atoms with van der Waals surface area (Å²) in [5.41, 5.74) is 5.48. The molecule has 110 valence electrons. The molecular formula is C13H25N3O3. The Morgan fingerprint density at radius 1 is 1.63 bits per heavy atom. The van der Waals surface area contributed by atoms with E-state index in [0.29, 0.717) is 6.42 Å². The molecule has 3 unspecified atom stereocenters. The zero-order valence-electron chi connectivity index (χ0n) is 12.1. The van der Waals surface area contributed by atoms with Crippen LogP contribution in [-0.2, 0) is 9.53 Å². The number of rotatable bonds is 6. The van der Waals surface area contributed by atoms with Gasteiger partial charge in [-0.15, -0.1) is 0 Å². The number of amides is 1. The van der Waals surface area contributed by atoms with Gasteiger partial charge in [-0.05, 0) is 12.8 Å². The van der Waals surface area contributed by atoms with Crippen LogP contribution < -0.4 is 11.1 Å². The molecule has 1 saturated carbocycles. The van der Waals surface area contributed by atoms with Gasteiger partial charge >= 0.3 is 0 Å². The molecule has 6 heteroatoms. The van der Waals surface area contributed by atoms with Crippen molar-refractivity contribution in [3.05, 3.63) is 0 Å². The van der Waals surface area contributed by atoms with E-state index in [1.165, 1.54) is 0 Å². The number of methoxy groups -OCH3 is 1. The maximum Gasteiger partial charge on any atom is 0.231 e. The summed E-state index contributed by atoms with van der Waals surface area (Å²) in [5, 5.41) is 14.7. The van der Waals surface area contributed by atoms with Crippen molar-refractivity contribution in [3.63, 3.8) is 0 Å². The molecule has 0 aromatic heterocycles. The third-order valence-electron chi connectivity index (χ3n) is 4.15. The van der Waals surface area contributed by atoms with E-state index < -0.39 is 5.92 Å². The quantitative estimate of drug-likeness (QED) is 0.291. The van der Waals surface area contributed by atoms with E-state index >= 15 is 0 Å². The second-order valence-corrected chi connectivity index (χ2v) is 5.71. The summed E-state index contributed by atoms with van der Waals surface area (Å²) in [6.07, 6.45) is 2.32. The Labute approximate surface area is 114 Å². The van der Waals surface area contributed by atoms with Gasteiger partial charge in [-0.3, -0.25) is 4.79 Å². The molecule has 0 radical (unpaired) electrons. The van der Waals surface area contributed by atoms with E-state index in [-0.39, 0.29) is 29.3 Å². The molecule has 19 heavy (non-hydrogen) atoms. The topological polar surface area (TPSA) is 96.9 Å². The molecule has 1 rings (SSSR count). The number of oxime groups is 1. The summed E-state index contributed by atoms with van der Waals surface area (Å²) >= 11 is 0. The number of ether oxygens (including phenoxy) is 1. The zero-order chi connectivity index (χ0) is 14.6. The number of carbonyl (C=O) groups is 1. The van der Waals surface area contributed by atoms with Crippen molar-refractivity contribution < 1.29 is 14.7 Å². The first-order valence-electron chi connectivity index (χ1n) is 6.69. The minimum atomic E-state index is -0.563. The normalized spacial score (nSPS) is 27.5. The summed E-state index contributed by atoms with van der Waals surface area (Å²) in [7, 11) is 1.68. The third kappa shape index (κ3) is 3.18. The highest BCUT2D eigenvalue weighted by Gasteiger charge is 2.49.